The van der Waals surface area contributed by atoms with E-state index in [4.69, 9.17) is 17.3 Å². The molecule has 2 N–H and O–H groups in total. The Hall–Kier alpha value is -1.48. The van der Waals surface area contributed by atoms with Crippen LogP contribution >= 0.6 is 11.6 Å². The summed E-state index contributed by atoms with van der Waals surface area (Å²) in [4.78, 5) is 14.0. The van der Waals surface area contributed by atoms with Crippen LogP contribution in [0.2, 0.25) is 5.02 Å². The summed E-state index contributed by atoms with van der Waals surface area (Å²) in [6.45, 7) is 3.47. The first-order chi connectivity index (χ1) is 8.08. The van der Waals surface area contributed by atoms with E-state index in [1.807, 2.05) is 0 Å². The molecule has 0 spiro atoms. The lowest BCUT2D eigenvalue weighted by atomic mass is 10.1. The van der Waals surface area contributed by atoms with Gasteiger partial charge in [0, 0.05) is 18.8 Å². The highest BCUT2D eigenvalue weighted by Crippen LogP contribution is 2.22. The van der Waals surface area contributed by atoms with Crippen LogP contribution in [0.1, 0.15) is 23.7 Å². The Balaban J connectivity index is 2.23. The van der Waals surface area contributed by atoms with Crippen LogP contribution in [0.4, 0.5) is 5.69 Å². The van der Waals surface area contributed by atoms with Crippen molar-refractivity contribution in [3.8, 4) is 0 Å². The minimum absolute atomic E-state index is 0.0500. The van der Waals surface area contributed by atoms with Crippen molar-refractivity contribution in [3.05, 3.63) is 40.4 Å². The molecule has 0 aromatic heterocycles. The van der Waals surface area contributed by atoms with Gasteiger partial charge in [-0.3, -0.25) is 4.79 Å². The Morgan fingerprint density at radius 2 is 2.24 bits per heavy atom. The zero-order valence-electron chi connectivity index (χ0n) is 9.74. The number of hydrogen-bond donors (Lipinski definition) is 1. The highest BCUT2D eigenvalue weighted by molar-refractivity contribution is 6.34. The summed E-state index contributed by atoms with van der Waals surface area (Å²) in [6.07, 6.45) is 2.99. The number of carbonyl (C=O) groups is 1. The number of nitrogen functional groups attached to an aromatic ring is 1. The second-order valence-electron chi connectivity index (χ2n) is 4.29. The molecule has 3 nitrogen and oxygen atoms in total. The highest BCUT2D eigenvalue weighted by atomic mass is 35.5. The van der Waals surface area contributed by atoms with Crippen molar-refractivity contribution < 1.29 is 4.79 Å². The van der Waals surface area contributed by atoms with Crippen molar-refractivity contribution >= 4 is 23.2 Å². The van der Waals surface area contributed by atoms with Crippen LogP contribution in [0, 0.1) is 0 Å². The molecule has 90 valence electrons. The fourth-order valence-corrected chi connectivity index (χ4v) is 2.03. The number of anilines is 1. The number of nitrogens with two attached hydrogens (primary N) is 1. The van der Waals surface area contributed by atoms with Crippen molar-refractivity contribution in [2.24, 2.45) is 0 Å². The number of nitrogens with zero attached hydrogens (tertiary/aromatic N) is 1. The second kappa shape index (κ2) is 4.80. The third kappa shape index (κ3) is 2.61. The van der Waals surface area contributed by atoms with E-state index in [0.29, 0.717) is 22.8 Å². The van der Waals surface area contributed by atoms with Crippen LogP contribution in [-0.2, 0) is 0 Å². The number of benzene rings is 1. The van der Waals surface area contributed by atoms with Crippen molar-refractivity contribution in [2.45, 2.75) is 13.3 Å². The Bertz CT molecular complexity index is 482. The van der Waals surface area contributed by atoms with Crippen molar-refractivity contribution in [2.75, 3.05) is 18.8 Å². The molecule has 1 aromatic rings. The second-order valence-corrected chi connectivity index (χ2v) is 4.70. The average molecular weight is 251 g/mol. The number of carbonyl (C=O) groups excluding carboxylic acids is 1. The standard InChI is InChI=1S/C13H15ClN2O/c1-9-4-6-16(7-5-9)13(17)11-8-10(15)2-3-12(11)14/h2-4,8H,5-7,15H2,1H3. The topological polar surface area (TPSA) is 46.3 Å². The molecule has 0 bridgehead atoms. The molecule has 1 aliphatic rings. The predicted molar refractivity (Wildman–Crippen MR) is 70.1 cm³/mol. The maximum Gasteiger partial charge on any atom is 0.255 e. The van der Waals surface area contributed by atoms with E-state index in [-0.39, 0.29) is 5.91 Å². The monoisotopic (exact) mass is 250 g/mol. The van der Waals surface area contributed by atoms with Crippen molar-refractivity contribution in [1.82, 2.24) is 4.90 Å². The first-order valence-electron chi connectivity index (χ1n) is 5.58. The maximum atomic E-state index is 12.2. The Labute approximate surface area is 106 Å². The van der Waals surface area contributed by atoms with Gasteiger partial charge in [-0.05, 0) is 31.5 Å². The molecule has 1 heterocycles. The number of amides is 1. The first kappa shape index (κ1) is 12.0. The van der Waals surface area contributed by atoms with Crippen molar-refractivity contribution in [1.29, 1.82) is 0 Å². The molecular formula is C13H15ClN2O. The summed E-state index contributed by atoms with van der Waals surface area (Å²) < 4.78 is 0. The molecule has 0 unspecified atom stereocenters. The molecule has 2 rings (SSSR count). The van der Waals surface area contributed by atoms with Crippen LogP contribution in [-0.4, -0.2) is 23.9 Å². The molecular weight excluding hydrogens is 236 g/mol. The quantitative estimate of drug-likeness (QED) is 0.615. The molecule has 0 radical (unpaired) electrons. The summed E-state index contributed by atoms with van der Waals surface area (Å²) in [5, 5.41) is 0.454. The van der Waals surface area contributed by atoms with E-state index in [1.54, 1.807) is 23.1 Å². The zero-order chi connectivity index (χ0) is 12.4. The van der Waals surface area contributed by atoms with E-state index < -0.39 is 0 Å². The molecule has 1 amide bonds. The summed E-state index contributed by atoms with van der Waals surface area (Å²) >= 11 is 6.02. The largest absolute Gasteiger partial charge is 0.399 e. The smallest absolute Gasteiger partial charge is 0.255 e. The normalized spacial score (nSPS) is 15.6. The predicted octanol–water partition coefficient (Wildman–Crippen LogP) is 2.71. The molecule has 1 aliphatic heterocycles. The summed E-state index contributed by atoms with van der Waals surface area (Å²) in [5.74, 6) is -0.0500. The zero-order valence-corrected chi connectivity index (χ0v) is 10.5. The van der Waals surface area contributed by atoms with Gasteiger partial charge in [0.2, 0.25) is 0 Å². The number of halogens is 1. The molecule has 0 saturated heterocycles. The molecule has 4 heteroatoms. The molecule has 0 aliphatic carbocycles. The van der Waals surface area contributed by atoms with Crippen LogP contribution < -0.4 is 5.73 Å². The third-order valence-electron chi connectivity index (χ3n) is 2.94. The average Bonchev–Trinajstić information content (AvgIpc) is 2.32. The van der Waals surface area contributed by atoms with Gasteiger partial charge >= 0.3 is 0 Å². The van der Waals surface area contributed by atoms with Crippen molar-refractivity contribution in [3.63, 3.8) is 0 Å². The maximum absolute atomic E-state index is 12.2. The summed E-state index contributed by atoms with van der Waals surface area (Å²) in [6, 6.07) is 4.99. The number of rotatable bonds is 1. The Kier molecular flexibility index (Phi) is 3.38. The Morgan fingerprint density at radius 1 is 1.47 bits per heavy atom. The van der Waals surface area contributed by atoms with Gasteiger partial charge in [-0.25, -0.2) is 0 Å². The van der Waals surface area contributed by atoms with Gasteiger partial charge in [-0.15, -0.1) is 0 Å². The lowest BCUT2D eigenvalue weighted by Crippen LogP contribution is -2.34. The minimum Gasteiger partial charge on any atom is -0.399 e. The van der Waals surface area contributed by atoms with Crippen LogP contribution in [0.15, 0.2) is 29.8 Å². The fraction of sp³-hybridized carbons (Fsp3) is 0.308. The lowest BCUT2D eigenvalue weighted by molar-refractivity contribution is 0.0769. The lowest BCUT2D eigenvalue weighted by Gasteiger charge is -2.26. The first-order valence-corrected chi connectivity index (χ1v) is 5.95. The van der Waals surface area contributed by atoms with Gasteiger partial charge in [-0.1, -0.05) is 23.3 Å². The summed E-state index contributed by atoms with van der Waals surface area (Å²) in [5.41, 5.74) is 8.04. The van der Waals surface area contributed by atoms with Gasteiger partial charge < -0.3 is 10.6 Å². The van der Waals surface area contributed by atoms with Crippen LogP contribution in [0.5, 0.6) is 0 Å². The highest BCUT2D eigenvalue weighted by Gasteiger charge is 2.19. The summed E-state index contributed by atoms with van der Waals surface area (Å²) in [7, 11) is 0. The van der Waals surface area contributed by atoms with Gasteiger partial charge in [0.05, 0.1) is 10.6 Å². The van der Waals surface area contributed by atoms with E-state index in [9.17, 15) is 4.79 Å². The fourth-order valence-electron chi connectivity index (χ4n) is 1.83. The third-order valence-corrected chi connectivity index (χ3v) is 3.27. The minimum atomic E-state index is -0.0500. The molecule has 0 atom stereocenters. The molecule has 1 aromatic carbocycles. The number of hydrogen-bond acceptors (Lipinski definition) is 2. The van der Waals surface area contributed by atoms with Crippen LogP contribution in [0.3, 0.4) is 0 Å². The van der Waals surface area contributed by atoms with E-state index in [0.717, 1.165) is 13.0 Å². The van der Waals surface area contributed by atoms with E-state index in [2.05, 4.69) is 13.0 Å². The van der Waals surface area contributed by atoms with Gasteiger partial charge in [0.15, 0.2) is 0 Å². The molecule has 0 fully saturated rings. The van der Waals surface area contributed by atoms with Gasteiger partial charge in [0.1, 0.15) is 0 Å². The Morgan fingerprint density at radius 3 is 2.88 bits per heavy atom. The van der Waals surface area contributed by atoms with E-state index >= 15 is 0 Å². The molecule has 17 heavy (non-hydrogen) atoms. The molecule has 0 saturated carbocycles. The van der Waals surface area contributed by atoms with Crippen LogP contribution in [0.25, 0.3) is 0 Å². The SMILES string of the molecule is CC1=CCN(C(=O)c2cc(N)ccc2Cl)CC1. The van der Waals surface area contributed by atoms with Gasteiger partial charge in [0.25, 0.3) is 5.91 Å². The van der Waals surface area contributed by atoms with Gasteiger partial charge in [-0.2, -0.15) is 0 Å². The van der Waals surface area contributed by atoms with E-state index in [1.165, 1.54) is 5.57 Å².